The first-order valence-corrected chi connectivity index (χ1v) is 11.9. The highest BCUT2D eigenvalue weighted by Crippen LogP contribution is 2.30. The highest BCUT2D eigenvalue weighted by molar-refractivity contribution is 5.96. The summed E-state index contributed by atoms with van der Waals surface area (Å²) in [5.74, 6) is 3.61. The van der Waals surface area contributed by atoms with E-state index in [1.807, 2.05) is 36.4 Å². The third-order valence-electron chi connectivity index (χ3n) is 5.93. The van der Waals surface area contributed by atoms with E-state index < -0.39 is 6.67 Å². The molecule has 1 aliphatic heterocycles. The Kier molecular flexibility index (Phi) is 8.42. The van der Waals surface area contributed by atoms with E-state index in [0.717, 1.165) is 36.3 Å². The van der Waals surface area contributed by atoms with Gasteiger partial charge in [0.1, 0.15) is 31.2 Å². The van der Waals surface area contributed by atoms with Crippen LogP contribution in [0.25, 0.3) is 10.9 Å². The van der Waals surface area contributed by atoms with Gasteiger partial charge in [0.25, 0.3) is 0 Å². The van der Waals surface area contributed by atoms with E-state index in [4.69, 9.17) is 11.2 Å². The number of anilines is 2. The number of fused-ring (bicyclic) bond motifs is 1. The maximum Gasteiger partial charge on any atom is 0.159 e. The number of piperidine rings is 1. The van der Waals surface area contributed by atoms with Crippen molar-refractivity contribution in [3.05, 3.63) is 66.0 Å². The van der Waals surface area contributed by atoms with Crippen molar-refractivity contribution in [1.29, 1.82) is 0 Å². The second-order valence-electron chi connectivity index (χ2n) is 8.49. The van der Waals surface area contributed by atoms with E-state index in [9.17, 15) is 9.18 Å². The number of halogens is 1. The van der Waals surface area contributed by atoms with Gasteiger partial charge in [-0.3, -0.25) is 9.69 Å². The van der Waals surface area contributed by atoms with Crippen LogP contribution >= 0.6 is 0 Å². The van der Waals surface area contributed by atoms with Crippen molar-refractivity contribution in [3.63, 3.8) is 0 Å². The minimum atomic E-state index is -0.622. The molecule has 4 rings (SSSR count). The second-order valence-corrected chi connectivity index (χ2v) is 8.49. The van der Waals surface area contributed by atoms with Crippen LogP contribution in [-0.4, -0.2) is 53.6 Å². The van der Waals surface area contributed by atoms with Gasteiger partial charge in [-0.05, 0) is 56.3 Å². The lowest BCUT2D eigenvalue weighted by Gasteiger charge is -2.24. The molecule has 0 bridgehead atoms. The van der Waals surface area contributed by atoms with E-state index in [1.54, 1.807) is 12.1 Å². The fourth-order valence-electron chi connectivity index (χ4n) is 4.19. The molecule has 0 amide bonds. The van der Waals surface area contributed by atoms with Crippen LogP contribution in [0.5, 0.6) is 5.75 Å². The number of alkyl halides is 1. The maximum absolute atomic E-state index is 12.8. The van der Waals surface area contributed by atoms with Crippen LogP contribution < -0.4 is 10.1 Å². The first-order chi connectivity index (χ1) is 17.2. The molecule has 180 valence electrons. The SMILES string of the molecule is C#Cc1cccc(Nc2ncnc3cc(OCCF)c(CC(=O)/C=C/CN4CCCCC4)cc23)c1. The average Bonchev–Trinajstić information content (AvgIpc) is 2.88. The Balaban J connectivity index is 1.58. The van der Waals surface area contributed by atoms with Crippen molar-refractivity contribution in [3.8, 4) is 18.1 Å². The fraction of sp³-hybridized carbons (Fsp3) is 0.321. The van der Waals surface area contributed by atoms with Gasteiger partial charge in [0.05, 0.1) is 5.52 Å². The number of rotatable bonds is 10. The molecule has 1 N–H and O–H groups in total. The standard InChI is InChI=1S/C28H29FN4O2/c1-2-21-8-6-9-23(16-21)32-28-25-18-22(27(35-15-11-29)19-26(25)30-20-31-28)17-24(34)10-7-14-33-12-4-3-5-13-33/h1,6-10,16,18-20H,3-5,11-15,17H2,(H,30,31,32)/b10-7+. The number of hydrogen-bond donors (Lipinski definition) is 1. The van der Waals surface area contributed by atoms with Crippen molar-refractivity contribution in [2.75, 3.05) is 38.2 Å². The minimum Gasteiger partial charge on any atom is -0.490 e. The zero-order valence-electron chi connectivity index (χ0n) is 19.7. The van der Waals surface area contributed by atoms with Crippen LogP contribution in [0.15, 0.2) is 54.9 Å². The van der Waals surface area contributed by atoms with Gasteiger partial charge in [-0.2, -0.15) is 0 Å². The monoisotopic (exact) mass is 472 g/mol. The molecule has 0 saturated carbocycles. The first kappa shape index (κ1) is 24.4. The van der Waals surface area contributed by atoms with E-state index in [1.165, 1.54) is 25.6 Å². The number of ether oxygens (including phenoxy) is 1. The summed E-state index contributed by atoms with van der Waals surface area (Å²) in [6.45, 7) is 2.21. The summed E-state index contributed by atoms with van der Waals surface area (Å²) in [4.78, 5) is 23.9. The molecule has 1 fully saturated rings. The molecule has 35 heavy (non-hydrogen) atoms. The Morgan fingerprint density at radius 1 is 1.20 bits per heavy atom. The first-order valence-electron chi connectivity index (χ1n) is 11.9. The zero-order valence-corrected chi connectivity index (χ0v) is 19.7. The van der Waals surface area contributed by atoms with E-state index in [2.05, 4.69) is 26.1 Å². The van der Waals surface area contributed by atoms with E-state index in [-0.39, 0.29) is 18.8 Å². The van der Waals surface area contributed by atoms with Crippen LogP contribution in [-0.2, 0) is 11.2 Å². The molecule has 7 heteroatoms. The molecule has 6 nitrogen and oxygen atoms in total. The van der Waals surface area contributed by atoms with Crippen LogP contribution in [0.4, 0.5) is 15.9 Å². The number of likely N-dealkylation sites (tertiary alicyclic amines) is 1. The van der Waals surface area contributed by atoms with Crippen molar-refractivity contribution < 1.29 is 13.9 Å². The molecule has 0 spiro atoms. The lowest BCUT2D eigenvalue weighted by atomic mass is 10.0. The van der Waals surface area contributed by atoms with E-state index >= 15 is 0 Å². The summed E-state index contributed by atoms with van der Waals surface area (Å²) in [7, 11) is 0. The van der Waals surface area contributed by atoms with Gasteiger partial charge in [-0.1, -0.05) is 24.5 Å². The van der Waals surface area contributed by atoms with Gasteiger partial charge in [-0.15, -0.1) is 6.42 Å². The molecule has 1 saturated heterocycles. The number of carbonyl (C=O) groups excluding carboxylic acids is 1. The van der Waals surface area contributed by atoms with Gasteiger partial charge >= 0.3 is 0 Å². The number of ketones is 1. The summed E-state index contributed by atoms with van der Waals surface area (Å²) in [5.41, 5.74) is 2.82. The molecule has 0 atom stereocenters. The highest BCUT2D eigenvalue weighted by Gasteiger charge is 2.14. The molecule has 2 aromatic carbocycles. The number of carbonyl (C=O) groups is 1. The Bertz CT molecular complexity index is 1250. The third-order valence-corrected chi connectivity index (χ3v) is 5.93. The van der Waals surface area contributed by atoms with Gasteiger partial charge in [0.2, 0.25) is 0 Å². The van der Waals surface area contributed by atoms with Crippen LogP contribution in [0.1, 0.15) is 30.4 Å². The van der Waals surface area contributed by atoms with Crippen molar-refractivity contribution >= 4 is 28.2 Å². The second kappa shape index (κ2) is 12.1. The van der Waals surface area contributed by atoms with Crippen LogP contribution in [0.2, 0.25) is 0 Å². The fourth-order valence-corrected chi connectivity index (χ4v) is 4.19. The van der Waals surface area contributed by atoms with Crippen molar-refractivity contribution in [1.82, 2.24) is 14.9 Å². The topological polar surface area (TPSA) is 67.4 Å². The van der Waals surface area contributed by atoms with Gasteiger partial charge in [-0.25, -0.2) is 14.4 Å². The Morgan fingerprint density at radius 3 is 2.86 bits per heavy atom. The predicted octanol–water partition coefficient (Wildman–Crippen LogP) is 4.86. The molecule has 1 aliphatic rings. The summed E-state index contributed by atoms with van der Waals surface area (Å²) in [6, 6.07) is 11.0. The molecule has 0 aliphatic carbocycles. The lowest BCUT2D eigenvalue weighted by molar-refractivity contribution is -0.114. The predicted molar refractivity (Wildman–Crippen MR) is 137 cm³/mol. The van der Waals surface area contributed by atoms with Gasteiger partial charge in [0, 0.05) is 41.2 Å². The largest absolute Gasteiger partial charge is 0.490 e. The summed E-state index contributed by atoms with van der Waals surface area (Å²) in [5, 5.41) is 4.01. The number of benzene rings is 2. The molecule has 2 heterocycles. The van der Waals surface area contributed by atoms with Crippen molar-refractivity contribution in [2.45, 2.75) is 25.7 Å². The third kappa shape index (κ3) is 6.65. The average molecular weight is 473 g/mol. The molecule has 0 unspecified atom stereocenters. The van der Waals surface area contributed by atoms with Gasteiger partial charge < -0.3 is 10.1 Å². The van der Waals surface area contributed by atoms with Gasteiger partial charge in [0.15, 0.2) is 5.78 Å². The molecular weight excluding hydrogens is 443 g/mol. The lowest BCUT2D eigenvalue weighted by Crippen LogP contribution is -2.29. The Labute approximate surface area is 205 Å². The van der Waals surface area contributed by atoms with Crippen molar-refractivity contribution in [2.24, 2.45) is 0 Å². The summed E-state index contributed by atoms with van der Waals surface area (Å²) >= 11 is 0. The molecular formula is C28H29FN4O2. The number of nitrogens with zero attached hydrogens (tertiary/aromatic N) is 3. The number of hydrogen-bond acceptors (Lipinski definition) is 6. The number of allylic oxidation sites excluding steroid dienone is 1. The number of terminal acetylenes is 1. The maximum atomic E-state index is 12.8. The number of aromatic nitrogens is 2. The Morgan fingerprint density at radius 2 is 2.06 bits per heavy atom. The summed E-state index contributed by atoms with van der Waals surface area (Å²) in [6.07, 6.45) is 14.3. The molecule has 1 aromatic heterocycles. The zero-order chi connectivity index (χ0) is 24.5. The molecule has 3 aromatic rings. The number of nitrogens with one attached hydrogen (secondary N) is 1. The quantitative estimate of drug-likeness (QED) is 0.336. The van der Waals surface area contributed by atoms with Crippen LogP contribution in [0.3, 0.4) is 0 Å². The molecule has 0 radical (unpaired) electrons. The van der Waals surface area contributed by atoms with E-state index in [0.29, 0.717) is 22.6 Å². The minimum absolute atomic E-state index is 0.0421. The van der Waals surface area contributed by atoms with Crippen LogP contribution in [0, 0.1) is 12.3 Å². The Hall–Kier alpha value is -3.76. The summed E-state index contributed by atoms with van der Waals surface area (Å²) < 4.78 is 18.5. The normalized spacial score (nSPS) is 14.2. The smallest absolute Gasteiger partial charge is 0.159 e. The highest BCUT2D eigenvalue weighted by atomic mass is 19.1.